The molecule has 0 aromatic rings. The van der Waals surface area contributed by atoms with Gasteiger partial charge in [-0.1, -0.05) is 12.7 Å². The molecule has 2 atom stereocenters. The van der Waals surface area contributed by atoms with E-state index in [9.17, 15) is 4.79 Å². The van der Waals surface area contributed by atoms with E-state index >= 15 is 0 Å². The van der Waals surface area contributed by atoms with Gasteiger partial charge in [0.05, 0.1) is 13.2 Å². The molecule has 1 saturated heterocycles. The fourth-order valence-corrected chi connectivity index (χ4v) is 1.75. The summed E-state index contributed by atoms with van der Waals surface area (Å²) >= 11 is 0. The largest absolute Gasteiger partial charge is 0.453 e. The summed E-state index contributed by atoms with van der Waals surface area (Å²) in [6.07, 6.45) is 4.16. The molecule has 4 heteroatoms. The van der Waals surface area contributed by atoms with Crippen molar-refractivity contribution in [1.29, 1.82) is 0 Å². The highest BCUT2D eigenvalue weighted by Crippen LogP contribution is 2.33. The maximum Gasteiger partial charge on any atom is 0.303 e. The molecule has 0 aliphatic carbocycles. The Hall–Kier alpha value is -1.13. The molecule has 0 amide bonds. The number of ether oxygens (including phenoxy) is 3. The lowest BCUT2D eigenvalue weighted by Crippen LogP contribution is -2.45. The van der Waals surface area contributed by atoms with E-state index in [-0.39, 0.29) is 5.97 Å². The first-order valence-electron chi connectivity index (χ1n) is 5.33. The maximum absolute atomic E-state index is 11.0. The molecular formula is C12H18O4. The third-order valence-electron chi connectivity index (χ3n) is 2.40. The van der Waals surface area contributed by atoms with E-state index in [1.165, 1.54) is 13.0 Å². The van der Waals surface area contributed by atoms with Gasteiger partial charge in [-0.05, 0) is 12.5 Å². The molecule has 0 unspecified atom stereocenters. The van der Waals surface area contributed by atoms with Crippen LogP contribution in [0.15, 0.2) is 25.3 Å². The summed E-state index contributed by atoms with van der Waals surface area (Å²) in [7, 11) is 0. The zero-order valence-corrected chi connectivity index (χ0v) is 9.61. The zero-order valence-electron chi connectivity index (χ0n) is 9.61. The van der Waals surface area contributed by atoms with Crippen LogP contribution < -0.4 is 0 Å². The van der Waals surface area contributed by atoms with Gasteiger partial charge in [0.25, 0.3) is 0 Å². The van der Waals surface area contributed by atoms with Gasteiger partial charge in [0, 0.05) is 13.3 Å². The molecule has 0 aromatic heterocycles. The Balaban J connectivity index is 2.75. The quantitative estimate of drug-likeness (QED) is 0.512. The summed E-state index contributed by atoms with van der Waals surface area (Å²) in [4.78, 5) is 11.0. The summed E-state index contributed by atoms with van der Waals surface area (Å²) in [5, 5.41) is 0. The first kappa shape index (κ1) is 12.9. The van der Waals surface area contributed by atoms with Crippen LogP contribution in [0.1, 0.15) is 19.8 Å². The number of hydrogen-bond acceptors (Lipinski definition) is 4. The van der Waals surface area contributed by atoms with E-state index in [0.29, 0.717) is 19.6 Å². The topological polar surface area (TPSA) is 44.8 Å². The van der Waals surface area contributed by atoms with Crippen LogP contribution in [0, 0.1) is 0 Å². The molecular weight excluding hydrogens is 208 g/mol. The summed E-state index contributed by atoms with van der Waals surface area (Å²) in [6, 6.07) is 0. The van der Waals surface area contributed by atoms with Crippen LogP contribution in [0.25, 0.3) is 0 Å². The number of carbonyl (C=O) groups excluding carboxylic acids is 1. The highest BCUT2D eigenvalue weighted by molar-refractivity contribution is 5.66. The Bertz CT molecular complexity index is 266. The van der Waals surface area contributed by atoms with Gasteiger partial charge in [-0.15, -0.1) is 6.58 Å². The second kappa shape index (κ2) is 5.82. The molecule has 0 saturated carbocycles. The van der Waals surface area contributed by atoms with Gasteiger partial charge in [-0.3, -0.25) is 4.79 Å². The molecule has 90 valence electrons. The van der Waals surface area contributed by atoms with Crippen molar-refractivity contribution in [3.05, 3.63) is 25.3 Å². The van der Waals surface area contributed by atoms with Crippen molar-refractivity contribution in [2.45, 2.75) is 31.7 Å². The van der Waals surface area contributed by atoms with Gasteiger partial charge < -0.3 is 14.2 Å². The maximum atomic E-state index is 11.0. The summed E-state index contributed by atoms with van der Waals surface area (Å²) in [5.41, 5.74) is 0. The van der Waals surface area contributed by atoms with Crippen LogP contribution >= 0.6 is 0 Å². The number of hydrogen-bond donors (Lipinski definition) is 0. The molecule has 0 spiro atoms. The van der Waals surface area contributed by atoms with Crippen molar-refractivity contribution in [2.75, 3.05) is 13.2 Å². The van der Waals surface area contributed by atoms with Crippen LogP contribution in [0.5, 0.6) is 0 Å². The second-order valence-electron chi connectivity index (χ2n) is 3.63. The first-order chi connectivity index (χ1) is 7.64. The van der Waals surface area contributed by atoms with Gasteiger partial charge in [-0.2, -0.15) is 0 Å². The average molecular weight is 226 g/mol. The van der Waals surface area contributed by atoms with Crippen molar-refractivity contribution in [3.8, 4) is 0 Å². The Kier molecular flexibility index (Phi) is 4.71. The summed E-state index contributed by atoms with van der Waals surface area (Å²) in [5.74, 6) is -1.26. The van der Waals surface area contributed by atoms with Crippen LogP contribution in [0.2, 0.25) is 0 Å². The average Bonchev–Trinajstić information content (AvgIpc) is 2.72. The van der Waals surface area contributed by atoms with Crippen molar-refractivity contribution in [1.82, 2.24) is 0 Å². The molecule has 0 radical (unpaired) electrons. The first-order valence-corrected chi connectivity index (χ1v) is 5.33. The third-order valence-corrected chi connectivity index (χ3v) is 2.40. The van der Waals surface area contributed by atoms with Gasteiger partial charge in [0.15, 0.2) is 6.10 Å². The van der Waals surface area contributed by atoms with Gasteiger partial charge in [0.1, 0.15) is 0 Å². The number of rotatable bonds is 6. The van der Waals surface area contributed by atoms with Crippen molar-refractivity contribution in [3.63, 3.8) is 0 Å². The Morgan fingerprint density at radius 1 is 1.62 bits per heavy atom. The smallest absolute Gasteiger partial charge is 0.303 e. The van der Waals surface area contributed by atoms with Crippen molar-refractivity contribution in [2.24, 2.45) is 0 Å². The SMILES string of the molecule is C=CCO[C@]1([C@@H](C=C)OC(C)=O)CCCO1. The van der Waals surface area contributed by atoms with Gasteiger partial charge >= 0.3 is 5.97 Å². The third kappa shape index (κ3) is 2.93. The molecule has 1 rings (SSSR count). The zero-order chi connectivity index (χ0) is 12.0. The number of esters is 1. The second-order valence-corrected chi connectivity index (χ2v) is 3.63. The van der Waals surface area contributed by atoms with E-state index in [1.807, 2.05) is 0 Å². The molecule has 16 heavy (non-hydrogen) atoms. The Morgan fingerprint density at radius 3 is 2.81 bits per heavy atom. The standard InChI is InChI=1S/C12H18O4/c1-4-8-14-12(7-6-9-15-12)11(5-2)16-10(3)13/h4-5,11H,1-2,6-9H2,3H3/t11-,12-/m1/s1. The fraction of sp³-hybridized carbons (Fsp3) is 0.583. The minimum absolute atomic E-state index is 0.353. The van der Waals surface area contributed by atoms with E-state index in [4.69, 9.17) is 14.2 Å². The fourth-order valence-electron chi connectivity index (χ4n) is 1.75. The molecule has 1 fully saturated rings. The summed E-state index contributed by atoms with van der Waals surface area (Å²) in [6.45, 7) is 9.54. The van der Waals surface area contributed by atoms with Crippen molar-refractivity contribution < 1.29 is 19.0 Å². The van der Waals surface area contributed by atoms with Crippen LogP contribution in [0.3, 0.4) is 0 Å². The highest BCUT2D eigenvalue weighted by atomic mass is 16.7. The minimum atomic E-state index is -0.887. The lowest BCUT2D eigenvalue weighted by atomic mass is 10.1. The molecule has 1 aliphatic heterocycles. The Labute approximate surface area is 95.9 Å². The molecule has 1 heterocycles. The van der Waals surface area contributed by atoms with Crippen LogP contribution in [-0.2, 0) is 19.0 Å². The van der Waals surface area contributed by atoms with Crippen LogP contribution in [-0.4, -0.2) is 31.1 Å². The Morgan fingerprint density at radius 2 is 2.38 bits per heavy atom. The normalized spacial score (nSPS) is 26.1. The monoisotopic (exact) mass is 226 g/mol. The molecule has 0 N–H and O–H groups in total. The van der Waals surface area contributed by atoms with Crippen LogP contribution in [0.4, 0.5) is 0 Å². The van der Waals surface area contributed by atoms with Crippen molar-refractivity contribution >= 4 is 5.97 Å². The molecule has 1 aliphatic rings. The predicted molar refractivity (Wildman–Crippen MR) is 59.8 cm³/mol. The summed E-state index contributed by atoms with van der Waals surface area (Å²) < 4.78 is 16.3. The van der Waals surface area contributed by atoms with E-state index < -0.39 is 11.9 Å². The lowest BCUT2D eigenvalue weighted by molar-refractivity contribution is -0.250. The van der Waals surface area contributed by atoms with E-state index in [1.54, 1.807) is 6.08 Å². The number of carbonyl (C=O) groups is 1. The molecule has 0 bridgehead atoms. The highest BCUT2D eigenvalue weighted by Gasteiger charge is 2.44. The van der Waals surface area contributed by atoms with E-state index in [0.717, 1.165) is 6.42 Å². The minimum Gasteiger partial charge on any atom is -0.453 e. The van der Waals surface area contributed by atoms with Gasteiger partial charge in [-0.25, -0.2) is 0 Å². The molecule has 0 aromatic carbocycles. The molecule has 4 nitrogen and oxygen atoms in total. The van der Waals surface area contributed by atoms with Gasteiger partial charge in [0.2, 0.25) is 5.79 Å². The lowest BCUT2D eigenvalue weighted by Gasteiger charge is -2.33. The predicted octanol–water partition coefficient (Wildman–Crippen LogP) is 1.81. The van der Waals surface area contributed by atoms with E-state index in [2.05, 4.69) is 13.2 Å².